The molecule has 0 aliphatic carbocycles. The second-order valence-electron chi connectivity index (χ2n) is 9.32. The quantitative estimate of drug-likeness (QED) is 0.218. The Balaban J connectivity index is 2.22. The van der Waals surface area contributed by atoms with E-state index in [1.807, 2.05) is 27.7 Å². The Labute approximate surface area is 200 Å². The van der Waals surface area contributed by atoms with Crippen molar-refractivity contribution < 1.29 is 29.0 Å². The molecule has 1 unspecified atom stereocenters. The molecular weight excluding hydrogens is 434 g/mol. The first-order valence-corrected chi connectivity index (χ1v) is 11.2. The highest BCUT2D eigenvalue weighted by Gasteiger charge is 2.45. The number of amides is 1. The van der Waals surface area contributed by atoms with Gasteiger partial charge in [-0.05, 0) is 47.7 Å². The maximum atomic E-state index is 13.1. The van der Waals surface area contributed by atoms with Crippen molar-refractivity contribution in [2.75, 3.05) is 13.7 Å². The molecule has 34 heavy (non-hydrogen) atoms. The van der Waals surface area contributed by atoms with Crippen molar-refractivity contribution in [3.8, 4) is 11.5 Å². The zero-order chi connectivity index (χ0) is 25.2. The lowest BCUT2D eigenvalue weighted by molar-refractivity contribution is -0.139. The SMILES string of the molecule is CCCN1C(=O)C(=O)/C(=C(/O)c2ccc(OC)c(C(C)(C)C)c2)C1c1cccc(OC(C)=O)c1. The van der Waals surface area contributed by atoms with Crippen LogP contribution in [0.3, 0.4) is 0 Å². The van der Waals surface area contributed by atoms with Gasteiger partial charge in [-0.1, -0.05) is 39.8 Å². The summed E-state index contributed by atoms with van der Waals surface area (Å²) in [5, 5.41) is 11.3. The molecule has 0 radical (unpaired) electrons. The molecule has 0 bridgehead atoms. The minimum Gasteiger partial charge on any atom is -0.507 e. The Hall–Kier alpha value is -3.61. The number of rotatable bonds is 6. The molecule has 1 aliphatic heterocycles. The fraction of sp³-hybridized carbons (Fsp3) is 0.370. The zero-order valence-electron chi connectivity index (χ0n) is 20.5. The molecule has 1 saturated heterocycles. The van der Waals surface area contributed by atoms with Crippen molar-refractivity contribution in [3.05, 3.63) is 64.7 Å². The number of ether oxygens (including phenoxy) is 2. The van der Waals surface area contributed by atoms with Gasteiger partial charge in [-0.15, -0.1) is 0 Å². The minimum atomic E-state index is -0.810. The highest BCUT2D eigenvalue weighted by molar-refractivity contribution is 6.46. The lowest BCUT2D eigenvalue weighted by Gasteiger charge is -2.26. The molecular formula is C27H31NO6. The van der Waals surface area contributed by atoms with Gasteiger partial charge in [0.25, 0.3) is 11.7 Å². The fourth-order valence-electron chi connectivity index (χ4n) is 4.21. The number of benzene rings is 2. The molecule has 0 aromatic heterocycles. The van der Waals surface area contributed by atoms with Crippen LogP contribution in [0.2, 0.25) is 0 Å². The lowest BCUT2D eigenvalue weighted by atomic mass is 9.84. The zero-order valence-corrected chi connectivity index (χ0v) is 20.5. The Bertz CT molecular complexity index is 1160. The molecule has 1 atom stereocenters. The molecule has 7 nitrogen and oxygen atoms in total. The molecule has 1 heterocycles. The summed E-state index contributed by atoms with van der Waals surface area (Å²) in [6.07, 6.45) is 0.629. The maximum Gasteiger partial charge on any atom is 0.308 e. The van der Waals surface area contributed by atoms with Crippen LogP contribution in [-0.2, 0) is 19.8 Å². The Kier molecular flexibility index (Phi) is 7.15. The molecule has 1 aliphatic rings. The molecule has 2 aromatic carbocycles. The number of aliphatic hydroxyl groups is 1. The summed E-state index contributed by atoms with van der Waals surface area (Å²) >= 11 is 0. The molecule has 1 fully saturated rings. The van der Waals surface area contributed by atoms with Crippen LogP contribution in [0.4, 0.5) is 0 Å². The van der Waals surface area contributed by atoms with Crippen molar-refractivity contribution in [2.45, 2.75) is 52.5 Å². The third-order valence-corrected chi connectivity index (χ3v) is 5.72. The summed E-state index contributed by atoms with van der Waals surface area (Å²) in [5.74, 6) is -1.19. The Morgan fingerprint density at radius 1 is 1.12 bits per heavy atom. The number of hydrogen-bond donors (Lipinski definition) is 1. The summed E-state index contributed by atoms with van der Waals surface area (Å²) < 4.78 is 10.7. The second kappa shape index (κ2) is 9.71. The predicted octanol–water partition coefficient (Wildman–Crippen LogP) is 4.75. The minimum absolute atomic E-state index is 0.00320. The van der Waals surface area contributed by atoms with Crippen LogP contribution in [0, 0.1) is 0 Å². The number of hydrogen-bond acceptors (Lipinski definition) is 6. The number of carbonyl (C=O) groups is 3. The number of Topliss-reactive ketones (excluding diaryl/α,β-unsaturated/α-hetero) is 1. The van der Waals surface area contributed by atoms with Gasteiger partial charge in [0.15, 0.2) is 0 Å². The van der Waals surface area contributed by atoms with Gasteiger partial charge in [0.1, 0.15) is 17.3 Å². The number of ketones is 1. The molecule has 3 rings (SSSR count). The standard InChI is InChI=1S/C27H31NO6/c1-7-13-28-23(17-9-8-10-19(14-17)34-16(2)29)22(25(31)26(28)32)24(30)18-11-12-21(33-6)20(15-18)27(3,4)5/h8-12,14-15,23,30H,7,13H2,1-6H3/b24-22+. The van der Waals surface area contributed by atoms with Crippen molar-refractivity contribution in [1.82, 2.24) is 4.90 Å². The third-order valence-electron chi connectivity index (χ3n) is 5.72. The van der Waals surface area contributed by atoms with E-state index < -0.39 is 23.7 Å². The van der Waals surface area contributed by atoms with Gasteiger partial charge in [-0.25, -0.2) is 0 Å². The number of esters is 1. The first-order valence-electron chi connectivity index (χ1n) is 11.2. The largest absolute Gasteiger partial charge is 0.507 e. The van der Waals surface area contributed by atoms with Crippen LogP contribution in [0.1, 0.15) is 63.8 Å². The summed E-state index contributed by atoms with van der Waals surface area (Å²) in [4.78, 5) is 39.0. The molecule has 180 valence electrons. The molecule has 1 N–H and O–H groups in total. The van der Waals surface area contributed by atoms with Crippen molar-refractivity contribution in [3.63, 3.8) is 0 Å². The third kappa shape index (κ3) is 4.83. The molecule has 0 saturated carbocycles. The van der Waals surface area contributed by atoms with E-state index in [-0.39, 0.29) is 16.7 Å². The topological polar surface area (TPSA) is 93.1 Å². The van der Waals surface area contributed by atoms with Crippen LogP contribution in [0.5, 0.6) is 11.5 Å². The number of methoxy groups -OCH3 is 1. The second-order valence-corrected chi connectivity index (χ2v) is 9.32. The van der Waals surface area contributed by atoms with Gasteiger partial charge < -0.3 is 19.5 Å². The summed E-state index contributed by atoms with van der Waals surface area (Å²) in [5.41, 5.74) is 1.56. The van der Waals surface area contributed by atoms with E-state index in [4.69, 9.17) is 9.47 Å². The Morgan fingerprint density at radius 2 is 1.82 bits per heavy atom. The van der Waals surface area contributed by atoms with Crippen LogP contribution < -0.4 is 9.47 Å². The van der Waals surface area contributed by atoms with Gasteiger partial charge in [-0.3, -0.25) is 14.4 Å². The van der Waals surface area contributed by atoms with Crippen molar-refractivity contribution in [1.29, 1.82) is 0 Å². The highest BCUT2D eigenvalue weighted by Crippen LogP contribution is 2.41. The molecule has 2 aromatic rings. The summed E-state index contributed by atoms with van der Waals surface area (Å²) in [7, 11) is 1.58. The van der Waals surface area contributed by atoms with Gasteiger partial charge >= 0.3 is 5.97 Å². The smallest absolute Gasteiger partial charge is 0.308 e. The fourth-order valence-corrected chi connectivity index (χ4v) is 4.21. The van der Waals surface area contributed by atoms with Crippen molar-refractivity contribution >= 4 is 23.4 Å². The summed E-state index contributed by atoms with van der Waals surface area (Å²) in [6.45, 7) is 9.61. The van der Waals surface area contributed by atoms with E-state index in [9.17, 15) is 19.5 Å². The van der Waals surface area contributed by atoms with Crippen LogP contribution in [0.15, 0.2) is 48.0 Å². The van der Waals surface area contributed by atoms with Gasteiger partial charge in [-0.2, -0.15) is 0 Å². The van der Waals surface area contributed by atoms with Gasteiger partial charge in [0.2, 0.25) is 0 Å². The number of aliphatic hydroxyl groups excluding tert-OH is 1. The number of nitrogens with zero attached hydrogens (tertiary/aromatic N) is 1. The first kappa shape index (κ1) is 25.0. The predicted molar refractivity (Wildman–Crippen MR) is 129 cm³/mol. The average Bonchev–Trinajstić information content (AvgIpc) is 3.02. The van der Waals surface area contributed by atoms with Crippen LogP contribution >= 0.6 is 0 Å². The lowest BCUT2D eigenvalue weighted by Crippen LogP contribution is -2.30. The van der Waals surface area contributed by atoms with E-state index in [1.54, 1.807) is 49.6 Å². The number of carbonyl (C=O) groups excluding carboxylic acids is 3. The number of likely N-dealkylation sites (tertiary alicyclic amines) is 1. The normalized spacial score (nSPS) is 17.7. The molecule has 7 heteroatoms. The first-order chi connectivity index (χ1) is 16.0. The van der Waals surface area contributed by atoms with E-state index in [2.05, 4.69) is 0 Å². The highest BCUT2D eigenvalue weighted by atomic mass is 16.5. The maximum absolute atomic E-state index is 13.1. The monoisotopic (exact) mass is 465 g/mol. The van der Waals surface area contributed by atoms with Gasteiger partial charge in [0, 0.05) is 24.6 Å². The van der Waals surface area contributed by atoms with E-state index in [0.717, 1.165) is 5.56 Å². The van der Waals surface area contributed by atoms with E-state index in [0.29, 0.717) is 35.6 Å². The van der Waals surface area contributed by atoms with E-state index in [1.165, 1.54) is 11.8 Å². The molecule has 0 spiro atoms. The average molecular weight is 466 g/mol. The van der Waals surface area contributed by atoms with Gasteiger partial charge in [0.05, 0.1) is 18.7 Å². The van der Waals surface area contributed by atoms with Crippen LogP contribution in [-0.4, -0.2) is 41.3 Å². The molecule has 1 amide bonds. The Morgan fingerprint density at radius 3 is 2.41 bits per heavy atom. The van der Waals surface area contributed by atoms with Crippen molar-refractivity contribution in [2.24, 2.45) is 0 Å². The van der Waals surface area contributed by atoms with E-state index >= 15 is 0 Å². The summed E-state index contributed by atoms with van der Waals surface area (Å²) in [6, 6.07) is 11.1. The van der Waals surface area contributed by atoms with Crippen LogP contribution in [0.25, 0.3) is 5.76 Å².